The first-order valence-corrected chi connectivity index (χ1v) is 16.5. The molecule has 1 aliphatic heterocycles. The lowest BCUT2D eigenvalue weighted by molar-refractivity contribution is -0.145. The molecule has 11 heteroatoms. The van der Waals surface area contributed by atoms with Gasteiger partial charge in [-0.05, 0) is 52.6 Å². The standard InChI is InChI=1S/C35H53N5O6/c1-33(2,3)24(19-46-21-15-10-9-11-16-21)38-32(45)39-28(34(4,5)6)31(44)40-18-22-25(35(22,7)8)26(40)30(43)37-23(27(41)29(36)42)17-20-13-12-14-20/h9-11,15-16,20,22-26,28H,12-14,17-19H2,1-8H3,(H2,36,42)(H,37,43)(H2,38,39,45)/t22-,23?,24+,25-,26-,28+/m0/s1. The number of rotatable bonds is 12. The first-order valence-electron chi connectivity index (χ1n) is 16.5. The predicted octanol–water partition coefficient (Wildman–Crippen LogP) is 3.41. The average molecular weight is 640 g/mol. The summed E-state index contributed by atoms with van der Waals surface area (Å²) >= 11 is 0. The summed E-state index contributed by atoms with van der Waals surface area (Å²) in [5.74, 6) is -1.82. The first-order chi connectivity index (χ1) is 21.3. The summed E-state index contributed by atoms with van der Waals surface area (Å²) in [5.41, 5.74) is 4.13. The Bertz CT molecular complexity index is 1310. The van der Waals surface area contributed by atoms with Crippen LogP contribution < -0.4 is 26.4 Å². The minimum absolute atomic E-state index is 0.0963. The number of fused-ring (bicyclic) bond motifs is 1. The van der Waals surface area contributed by atoms with Gasteiger partial charge < -0.3 is 31.3 Å². The number of hydrogen-bond donors (Lipinski definition) is 4. The van der Waals surface area contributed by atoms with E-state index in [2.05, 4.69) is 29.8 Å². The topological polar surface area (TPSA) is 160 Å². The highest BCUT2D eigenvalue weighted by molar-refractivity contribution is 6.37. The van der Waals surface area contributed by atoms with Crippen LogP contribution in [0.1, 0.15) is 81.1 Å². The van der Waals surface area contributed by atoms with Crippen molar-refractivity contribution in [2.75, 3.05) is 13.2 Å². The number of ketones is 1. The van der Waals surface area contributed by atoms with E-state index in [1.54, 1.807) is 4.90 Å². The molecule has 2 saturated carbocycles. The van der Waals surface area contributed by atoms with Crippen LogP contribution in [0.2, 0.25) is 0 Å². The number of benzene rings is 1. The maximum Gasteiger partial charge on any atom is 0.315 e. The van der Waals surface area contributed by atoms with Crippen molar-refractivity contribution in [3.63, 3.8) is 0 Å². The van der Waals surface area contributed by atoms with Crippen molar-refractivity contribution < 1.29 is 28.7 Å². The summed E-state index contributed by atoms with van der Waals surface area (Å²) in [6, 6.07) is 5.65. The molecule has 3 fully saturated rings. The summed E-state index contributed by atoms with van der Waals surface area (Å²) in [4.78, 5) is 67.8. The second kappa shape index (κ2) is 13.2. The van der Waals surface area contributed by atoms with E-state index >= 15 is 0 Å². The van der Waals surface area contributed by atoms with Crippen molar-refractivity contribution in [3.8, 4) is 5.75 Å². The van der Waals surface area contributed by atoms with Gasteiger partial charge in [-0.2, -0.15) is 0 Å². The zero-order valence-electron chi connectivity index (χ0n) is 28.6. The van der Waals surface area contributed by atoms with E-state index in [0.29, 0.717) is 18.7 Å². The van der Waals surface area contributed by atoms with Crippen LogP contribution in [-0.2, 0) is 19.2 Å². The second-order valence-corrected chi connectivity index (χ2v) is 16.2. The lowest BCUT2D eigenvalue weighted by Gasteiger charge is -2.39. The van der Waals surface area contributed by atoms with Gasteiger partial charge in [-0.25, -0.2) is 4.79 Å². The van der Waals surface area contributed by atoms with Gasteiger partial charge in [0.2, 0.25) is 17.6 Å². The number of hydrogen-bond acceptors (Lipinski definition) is 6. The van der Waals surface area contributed by atoms with Crippen LogP contribution in [0.3, 0.4) is 0 Å². The molecule has 3 aliphatic rings. The zero-order valence-corrected chi connectivity index (χ0v) is 28.6. The van der Waals surface area contributed by atoms with Crippen LogP contribution in [0.4, 0.5) is 4.79 Å². The molecule has 6 atom stereocenters. The van der Waals surface area contributed by atoms with Crippen LogP contribution >= 0.6 is 0 Å². The summed E-state index contributed by atoms with van der Waals surface area (Å²) < 4.78 is 5.96. The molecular formula is C35H53N5O6. The molecule has 0 spiro atoms. The lowest BCUT2D eigenvalue weighted by atomic mass is 9.80. The maximum absolute atomic E-state index is 14.3. The number of nitrogens with one attached hydrogen (secondary N) is 3. The largest absolute Gasteiger partial charge is 0.491 e. The molecule has 5 amide bonds. The minimum atomic E-state index is -1.08. The number of carbonyl (C=O) groups is 5. The summed E-state index contributed by atoms with van der Waals surface area (Å²) in [6.07, 6.45) is 3.25. The van der Waals surface area contributed by atoms with E-state index in [4.69, 9.17) is 10.5 Å². The minimum Gasteiger partial charge on any atom is -0.491 e. The number of para-hydroxylation sites is 1. The van der Waals surface area contributed by atoms with Crippen LogP contribution in [0.5, 0.6) is 5.75 Å². The number of nitrogens with two attached hydrogens (primary N) is 1. The number of ether oxygens (including phenoxy) is 1. The van der Waals surface area contributed by atoms with Gasteiger partial charge in [0.1, 0.15) is 24.4 Å². The van der Waals surface area contributed by atoms with E-state index < -0.39 is 47.2 Å². The number of amides is 5. The summed E-state index contributed by atoms with van der Waals surface area (Å²) in [5, 5.41) is 8.74. The van der Waals surface area contributed by atoms with Gasteiger partial charge in [-0.15, -0.1) is 0 Å². The van der Waals surface area contributed by atoms with Crippen molar-refractivity contribution >= 4 is 29.5 Å². The molecule has 1 aromatic carbocycles. The van der Waals surface area contributed by atoms with Crippen molar-refractivity contribution in [3.05, 3.63) is 30.3 Å². The number of carbonyl (C=O) groups excluding carboxylic acids is 5. The molecular weight excluding hydrogens is 586 g/mol. The third-order valence-corrected chi connectivity index (χ3v) is 10.3. The van der Waals surface area contributed by atoms with Crippen LogP contribution in [0, 0.1) is 34.0 Å². The SMILES string of the molecule is CC(C)(C)[C@H](NC(=O)N[C@H](COc1ccccc1)C(C)(C)C)C(=O)N1C[C@H]2[C@@H]([C@H]1C(=O)NC(CC1CCC1)C(=O)C(N)=O)C2(C)C. The van der Waals surface area contributed by atoms with Gasteiger partial charge in [0, 0.05) is 6.54 Å². The van der Waals surface area contributed by atoms with Crippen LogP contribution in [0.15, 0.2) is 30.3 Å². The lowest BCUT2D eigenvalue weighted by Crippen LogP contribution is -2.62. The first kappa shape index (κ1) is 35.2. The second-order valence-electron chi connectivity index (χ2n) is 16.2. The number of piperidine rings is 1. The van der Waals surface area contributed by atoms with Gasteiger partial charge in [0.05, 0.1) is 12.1 Å². The molecule has 5 N–H and O–H groups in total. The molecule has 11 nitrogen and oxygen atoms in total. The number of likely N-dealkylation sites (tertiary alicyclic amines) is 1. The molecule has 46 heavy (non-hydrogen) atoms. The highest BCUT2D eigenvalue weighted by Gasteiger charge is 2.70. The highest BCUT2D eigenvalue weighted by Crippen LogP contribution is 2.65. The summed E-state index contributed by atoms with van der Waals surface area (Å²) in [6.45, 7) is 16.3. The summed E-state index contributed by atoms with van der Waals surface area (Å²) in [7, 11) is 0. The Morgan fingerprint density at radius 2 is 1.59 bits per heavy atom. The fourth-order valence-corrected chi connectivity index (χ4v) is 6.89. The molecule has 4 rings (SSSR count). The third kappa shape index (κ3) is 7.83. The van der Waals surface area contributed by atoms with Crippen molar-refractivity contribution in [1.82, 2.24) is 20.9 Å². The van der Waals surface area contributed by atoms with E-state index in [0.717, 1.165) is 19.3 Å². The molecule has 0 radical (unpaired) electrons. The molecule has 254 valence electrons. The molecule has 1 heterocycles. The van der Waals surface area contributed by atoms with Crippen molar-refractivity contribution in [2.24, 2.45) is 39.7 Å². The Morgan fingerprint density at radius 3 is 2.11 bits per heavy atom. The zero-order chi connectivity index (χ0) is 34.2. The van der Waals surface area contributed by atoms with Gasteiger partial charge in [0.25, 0.3) is 5.91 Å². The Labute approximate surface area is 273 Å². The van der Waals surface area contributed by atoms with Gasteiger partial charge >= 0.3 is 6.03 Å². The molecule has 2 aliphatic carbocycles. The number of urea groups is 1. The Balaban J connectivity index is 1.50. The number of primary amides is 1. The fourth-order valence-electron chi connectivity index (χ4n) is 6.89. The highest BCUT2D eigenvalue weighted by atomic mass is 16.5. The molecule has 0 aromatic heterocycles. The predicted molar refractivity (Wildman–Crippen MR) is 174 cm³/mol. The van der Waals surface area contributed by atoms with E-state index in [1.807, 2.05) is 71.9 Å². The Kier molecular flexibility index (Phi) is 10.1. The monoisotopic (exact) mass is 639 g/mol. The fraction of sp³-hybridized carbons (Fsp3) is 0.686. The normalized spacial score (nSPS) is 24.0. The van der Waals surface area contributed by atoms with E-state index in [-0.39, 0.29) is 47.1 Å². The number of Topliss-reactive ketones (excluding diaryl/α,β-unsaturated/α-hetero) is 1. The third-order valence-electron chi connectivity index (χ3n) is 10.3. The van der Waals surface area contributed by atoms with Gasteiger partial charge in [0.15, 0.2) is 0 Å². The quantitative estimate of drug-likeness (QED) is 0.257. The Morgan fingerprint density at radius 1 is 0.957 bits per heavy atom. The van der Waals surface area contributed by atoms with E-state index in [1.165, 1.54) is 0 Å². The molecule has 1 unspecified atom stereocenters. The van der Waals surface area contributed by atoms with Gasteiger partial charge in [-0.1, -0.05) is 92.9 Å². The van der Waals surface area contributed by atoms with Crippen molar-refractivity contribution in [2.45, 2.75) is 105 Å². The van der Waals surface area contributed by atoms with E-state index in [9.17, 15) is 24.0 Å². The maximum atomic E-state index is 14.3. The molecule has 0 bridgehead atoms. The van der Waals surface area contributed by atoms with Gasteiger partial charge in [-0.3, -0.25) is 19.2 Å². The van der Waals surface area contributed by atoms with Crippen LogP contribution in [0.25, 0.3) is 0 Å². The number of nitrogens with zero attached hydrogens (tertiary/aromatic N) is 1. The average Bonchev–Trinajstić information content (AvgIpc) is 3.26. The Hall–Kier alpha value is -3.63. The molecule has 1 aromatic rings. The smallest absolute Gasteiger partial charge is 0.315 e. The van der Waals surface area contributed by atoms with Crippen molar-refractivity contribution in [1.29, 1.82) is 0 Å². The molecule has 1 saturated heterocycles. The van der Waals surface area contributed by atoms with Crippen LogP contribution in [-0.4, -0.2) is 71.8 Å².